The highest BCUT2D eigenvalue weighted by Gasteiger charge is 2.16. The Bertz CT molecular complexity index is 685. The zero-order valence-electron chi connectivity index (χ0n) is 13.8. The molecule has 0 amide bonds. The van der Waals surface area contributed by atoms with Gasteiger partial charge in [0.2, 0.25) is 0 Å². The van der Waals surface area contributed by atoms with Crippen molar-refractivity contribution in [3.8, 4) is 23.0 Å². The summed E-state index contributed by atoms with van der Waals surface area (Å²) in [6, 6.07) is 10.7. The van der Waals surface area contributed by atoms with Crippen molar-refractivity contribution in [1.29, 1.82) is 5.41 Å². The fourth-order valence-electron chi connectivity index (χ4n) is 2.25. The van der Waals surface area contributed by atoms with Gasteiger partial charge in [-0.3, -0.25) is 5.41 Å². The van der Waals surface area contributed by atoms with E-state index in [0.29, 0.717) is 28.6 Å². The number of benzene rings is 2. The van der Waals surface area contributed by atoms with Gasteiger partial charge in [-0.25, -0.2) is 0 Å². The van der Waals surface area contributed by atoms with Gasteiger partial charge in [0.15, 0.2) is 11.5 Å². The normalized spacial score (nSPS) is 9.62. The fraction of sp³-hybridized carbons (Fsp3) is 0.235. The van der Waals surface area contributed by atoms with Crippen LogP contribution in [0.2, 0.25) is 0 Å². The van der Waals surface area contributed by atoms with E-state index in [1.165, 1.54) is 7.11 Å². The number of methoxy groups -OCH3 is 3. The first-order valence-corrected chi connectivity index (χ1v) is 6.96. The van der Waals surface area contributed by atoms with Crippen LogP contribution in [0.25, 0.3) is 0 Å². The molecule has 24 heavy (non-hydrogen) atoms. The lowest BCUT2D eigenvalue weighted by Crippen LogP contribution is -2.14. The topological polar surface area (TPSA) is 86.8 Å². The molecule has 2 aromatic rings. The molecule has 0 aliphatic carbocycles. The van der Waals surface area contributed by atoms with Crippen LogP contribution in [0.5, 0.6) is 23.0 Å². The van der Waals surface area contributed by atoms with Crippen LogP contribution in [0.4, 0.5) is 0 Å². The van der Waals surface area contributed by atoms with E-state index in [9.17, 15) is 0 Å². The molecular formula is C17H21ClN2O4. The summed E-state index contributed by atoms with van der Waals surface area (Å²) in [5.74, 6) is 2.14. The van der Waals surface area contributed by atoms with Crippen molar-refractivity contribution in [2.24, 2.45) is 5.73 Å². The third-order valence-corrected chi connectivity index (χ3v) is 3.38. The number of rotatable bonds is 7. The average Bonchev–Trinajstić information content (AvgIpc) is 2.58. The van der Waals surface area contributed by atoms with Crippen LogP contribution in [0, 0.1) is 5.41 Å². The molecule has 0 spiro atoms. The quantitative estimate of drug-likeness (QED) is 0.591. The maximum Gasteiger partial charge on any atom is 0.172 e. The second kappa shape index (κ2) is 8.88. The van der Waals surface area contributed by atoms with Gasteiger partial charge >= 0.3 is 0 Å². The van der Waals surface area contributed by atoms with E-state index in [1.807, 2.05) is 18.2 Å². The second-order valence-corrected chi connectivity index (χ2v) is 4.68. The number of nitrogen functional groups attached to an aromatic ring is 1. The van der Waals surface area contributed by atoms with Crippen molar-refractivity contribution < 1.29 is 18.9 Å². The molecule has 0 saturated heterocycles. The Morgan fingerprint density at radius 1 is 0.917 bits per heavy atom. The summed E-state index contributed by atoms with van der Waals surface area (Å²) in [4.78, 5) is 0. The Balaban J connectivity index is 0.00000288. The lowest BCUT2D eigenvalue weighted by Gasteiger charge is -2.17. The Kier molecular flexibility index (Phi) is 7.20. The summed E-state index contributed by atoms with van der Waals surface area (Å²) in [5, 5.41) is 7.68. The highest BCUT2D eigenvalue weighted by Crippen LogP contribution is 2.34. The zero-order chi connectivity index (χ0) is 16.8. The minimum absolute atomic E-state index is 0. The van der Waals surface area contributed by atoms with Gasteiger partial charge in [0, 0.05) is 0 Å². The van der Waals surface area contributed by atoms with Crippen molar-refractivity contribution in [2.75, 3.05) is 21.3 Å². The predicted octanol–water partition coefficient (Wildman–Crippen LogP) is 3.00. The molecule has 0 heterocycles. The van der Waals surface area contributed by atoms with E-state index < -0.39 is 0 Å². The molecular weight excluding hydrogens is 332 g/mol. The molecule has 0 saturated carbocycles. The first kappa shape index (κ1) is 19.4. The molecule has 0 aliphatic rings. The summed E-state index contributed by atoms with van der Waals surface area (Å²) in [6.45, 7) is 0.188. The summed E-state index contributed by atoms with van der Waals surface area (Å²) < 4.78 is 21.9. The van der Waals surface area contributed by atoms with E-state index >= 15 is 0 Å². The van der Waals surface area contributed by atoms with Crippen LogP contribution in [0.1, 0.15) is 11.1 Å². The standard InChI is InChI=1S/C17H20N2O4.ClH/c1-20-13-7-5-8-14(21-2)12(13)10-23-16-11(17(18)19)6-4-9-15(16)22-3;/h4-9H,10H2,1-3H3,(H3,18,19);1H. The van der Waals surface area contributed by atoms with Crippen molar-refractivity contribution in [3.63, 3.8) is 0 Å². The van der Waals surface area contributed by atoms with Crippen molar-refractivity contribution >= 4 is 18.2 Å². The monoisotopic (exact) mass is 352 g/mol. The van der Waals surface area contributed by atoms with Crippen molar-refractivity contribution in [3.05, 3.63) is 47.5 Å². The van der Waals surface area contributed by atoms with E-state index in [0.717, 1.165) is 5.56 Å². The molecule has 6 nitrogen and oxygen atoms in total. The molecule has 0 bridgehead atoms. The number of nitrogens with two attached hydrogens (primary N) is 1. The molecule has 130 valence electrons. The molecule has 2 aromatic carbocycles. The maximum atomic E-state index is 7.68. The van der Waals surface area contributed by atoms with Crippen molar-refractivity contribution in [1.82, 2.24) is 0 Å². The van der Waals surface area contributed by atoms with Crippen LogP contribution in [-0.4, -0.2) is 27.2 Å². The molecule has 7 heteroatoms. The maximum absolute atomic E-state index is 7.68. The number of hydrogen-bond acceptors (Lipinski definition) is 5. The number of amidine groups is 1. The van der Waals surface area contributed by atoms with Gasteiger partial charge in [-0.1, -0.05) is 12.1 Å². The van der Waals surface area contributed by atoms with Gasteiger partial charge in [0.1, 0.15) is 23.9 Å². The number of ether oxygens (including phenoxy) is 4. The molecule has 0 fully saturated rings. The third kappa shape index (κ3) is 4.02. The Morgan fingerprint density at radius 3 is 1.92 bits per heavy atom. The van der Waals surface area contributed by atoms with Gasteiger partial charge in [-0.2, -0.15) is 0 Å². The van der Waals surface area contributed by atoms with E-state index in [-0.39, 0.29) is 24.8 Å². The van der Waals surface area contributed by atoms with Crippen LogP contribution >= 0.6 is 12.4 Å². The zero-order valence-corrected chi connectivity index (χ0v) is 14.6. The van der Waals surface area contributed by atoms with Gasteiger partial charge in [0.05, 0.1) is 32.5 Å². The van der Waals surface area contributed by atoms with E-state index in [1.54, 1.807) is 32.4 Å². The SMILES string of the molecule is COc1cccc(OC)c1COc1c(OC)cccc1C(=N)N.Cl. The minimum atomic E-state index is -0.0918. The molecule has 0 aromatic heterocycles. The van der Waals surface area contributed by atoms with E-state index in [4.69, 9.17) is 30.1 Å². The largest absolute Gasteiger partial charge is 0.496 e. The highest BCUT2D eigenvalue weighted by atomic mass is 35.5. The number of hydrogen-bond donors (Lipinski definition) is 2. The molecule has 0 aliphatic heterocycles. The molecule has 3 N–H and O–H groups in total. The minimum Gasteiger partial charge on any atom is -0.496 e. The van der Waals surface area contributed by atoms with Crippen LogP contribution in [0.3, 0.4) is 0 Å². The molecule has 0 radical (unpaired) electrons. The van der Waals surface area contributed by atoms with Gasteiger partial charge in [-0.05, 0) is 24.3 Å². The highest BCUT2D eigenvalue weighted by molar-refractivity contribution is 5.98. The smallest absolute Gasteiger partial charge is 0.172 e. The lowest BCUT2D eigenvalue weighted by molar-refractivity contribution is 0.270. The molecule has 2 rings (SSSR count). The first-order chi connectivity index (χ1) is 11.1. The fourth-order valence-corrected chi connectivity index (χ4v) is 2.25. The number of nitrogens with one attached hydrogen (secondary N) is 1. The van der Waals surface area contributed by atoms with Crippen LogP contribution in [-0.2, 0) is 6.61 Å². The third-order valence-electron chi connectivity index (χ3n) is 3.38. The average molecular weight is 353 g/mol. The van der Waals surface area contributed by atoms with Gasteiger partial charge in [0.25, 0.3) is 0 Å². The first-order valence-electron chi connectivity index (χ1n) is 6.96. The summed E-state index contributed by atoms with van der Waals surface area (Å²) in [7, 11) is 4.71. The molecule has 0 unspecified atom stereocenters. The lowest BCUT2D eigenvalue weighted by atomic mass is 10.1. The Hall–Kier alpha value is -2.60. The predicted molar refractivity (Wildman–Crippen MR) is 95.1 cm³/mol. The Labute approximate surface area is 147 Å². The molecule has 0 atom stereocenters. The van der Waals surface area contributed by atoms with Crippen molar-refractivity contribution in [2.45, 2.75) is 6.61 Å². The summed E-state index contributed by atoms with van der Waals surface area (Å²) >= 11 is 0. The second-order valence-electron chi connectivity index (χ2n) is 4.68. The summed E-state index contributed by atoms with van der Waals surface area (Å²) in [5.41, 5.74) is 6.85. The number of para-hydroxylation sites is 1. The Morgan fingerprint density at radius 2 is 1.42 bits per heavy atom. The van der Waals surface area contributed by atoms with E-state index in [2.05, 4.69) is 0 Å². The summed E-state index contributed by atoms with van der Waals surface area (Å²) in [6.07, 6.45) is 0. The van der Waals surface area contributed by atoms with Crippen LogP contribution in [0.15, 0.2) is 36.4 Å². The number of halogens is 1. The van der Waals surface area contributed by atoms with Gasteiger partial charge < -0.3 is 24.7 Å². The van der Waals surface area contributed by atoms with Gasteiger partial charge in [-0.15, -0.1) is 12.4 Å². The van der Waals surface area contributed by atoms with Crippen LogP contribution < -0.4 is 24.7 Å².